The Bertz CT molecular complexity index is 836. The zero-order valence-corrected chi connectivity index (χ0v) is 13.4. The first kappa shape index (κ1) is 16.6. The molecule has 1 aliphatic rings. The van der Waals surface area contributed by atoms with E-state index in [1.807, 2.05) is 0 Å². The number of anilines is 1. The maximum atomic E-state index is 12.4. The van der Waals surface area contributed by atoms with Gasteiger partial charge >= 0.3 is 0 Å². The molecular formula is C17H16N2O6. The van der Waals surface area contributed by atoms with Crippen LogP contribution in [0.2, 0.25) is 0 Å². The summed E-state index contributed by atoms with van der Waals surface area (Å²) in [6.07, 6.45) is 0.250. The quantitative estimate of drug-likeness (QED) is 0.651. The van der Waals surface area contributed by atoms with Crippen molar-refractivity contribution in [2.75, 3.05) is 12.4 Å². The molecule has 1 atom stereocenters. The molecule has 0 fully saturated rings. The van der Waals surface area contributed by atoms with Crippen molar-refractivity contribution in [3.63, 3.8) is 0 Å². The number of amides is 1. The number of phenols is 1. The van der Waals surface area contributed by atoms with Gasteiger partial charge in [0.05, 0.1) is 12.0 Å². The predicted molar refractivity (Wildman–Crippen MR) is 89.1 cm³/mol. The third-order valence-electron chi connectivity index (χ3n) is 3.92. The molecule has 2 aromatic rings. The Kier molecular flexibility index (Phi) is 4.42. The molecule has 0 bridgehead atoms. The van der Waals surface area contributed by atoms with Gasteiger partial charge in [-0.2, -0.15) is 0 Å². The number of hydrogen-bond acceptors (Lipinski definition) is 6. The second-order valence-corrected chi connectivity index (χ2v) is 5.57. The van der Waals surface area contributed by atoms with Crippen LogP contribution in [0.1, 0.15) is 12.0 Å². The SMILES string of the molecule is COc1cc2c(cc1O)CCC(C(=O)Nc1cccc([N+](=O)[O-])c1)O2. The van der Waals surface area contributed by atoms with Crippen molar-refractivity contribution in [1.29, 1.82) is 0 Å². The number of nitrogens with zero attached hydrogens (tertiary/aromatic N) is 1. The largest absolute Gasteiger partial charge is 0.504 e. The van der Waals surface area contributed by atoms with Crippen molar-refractivity contribution < 1.29 is 24.3 Å². The van der Waals surface area contributed by atoms with E-state index < -0.39 is 16.9 Å². The highest BCUT2D eigenvalue weighted by atomic mass is 16.6. The van der Waals surface area contributed by atoms with E-state index in [1.54, 1.807) is 12.1 Å². The van der Waals surface area contributed by atoms with Crippen molar-refractivity contribution in [3.8, 4) is 17.2 Å². The summed E-state index contributed by atoms with van der Waals surface area (Å²) >= 11 is 0. The van der Waals surface area contributed by atoms with Crippen molar-refractivity contribution in [1.82, 2.24) is 0 Å². The molecule has 2 N–H and O–H groups in total. The molecule has 0 aliphatic carbocycles. The molecule has 0 saturated carbocycles. The monoisotopic (exact) mass is 344 g/mol. The number of aryl methyl sites for hydroxylation is 1. The molecule has 8 nitrogen and oxygen atoms in total. The van der Waals surface area contributed by atoms with Gasteiger partial charge in [0, 0.05) is 23.9 Å². The highest BCUT2D eigenvalue weighted by molar-refractivity contribution is 5.94. The lowest BCUT2D eigenvalue weighted by Crippen LogP contribution is -2.35. The summed E-state index contributed by atoms with van der Waals surface area (Å²) in [6.45, 7) is 0. The maximum Gasteiger partial charge on any atom is 0.271 e. The number of nitro groups is 1. The van der Waals surface area contributed by atoms with Crippen molar-refractivity contribution in [2.45, 2.75) is 18.9 Å². The molecule has 0 spiro atoms. The number of carbonyl (C=O) groups is 1. The van der Waals surface area contributed by atoms with E-state index in [4.69, 9.17) is 9.47 Å². The van der Waals surface area contributed by atoms with Crippen LogP contribution in [0.5, 0.6) is 17.2 Å². The minimum Gasteiger partial charge on any atom is -0.504 e. The predicted octanol–water partition coefficient (Wildman–Crippen LogP) is 2.64. The summed E-state index contributed by atoms with van der Waals surface area (Å²) < 4.78 is 10.7. The standard InChI is InChI=1S/C17H16N2O6/c1-24-16-9-15-10(7-13(16)20)5-6-14(25-15)17(21)18-11-3-2-4-12(8-11)19(22)23/h2-4,7-9,14,20H,5-6H2,1H3,(H,18,21). The minimum atomic E-state index is -0.735. The molecular weight excluding hydrogens is 328 g/mol. The summed E-state index contributed by atoms with van der Waals surface area (Å²) in [5, 5.41) is 23.2. The van der Waals surface area contributed by atoms with Crippen LogP contribution in [-0.2, 0) is 11.2 Å². The average molecular weight is 344 g/mol. The summed E-state index contributed by atoms with van der Waals surface area (Å²) in [6, 6.07) is 8.80. The number of fused-ring (bicyclic) bond motifs is 1. The third-order valence-corrected chi connectivity index (χ3v) is 3.92. The first-order chi connectivity index (χ1) is 12.0. The van der Waals surface area contributed by atoms with Gasteiger partial charge in [-0.1, -0.05) is 6.07 Å². The van der Waals surface area contributed by atoms with E-state index in [0.717, 1.165) is 5.56 Å². The number of aromatic hydroxyl groups is 1. The first-order valence-corrected chi connectivity index (χ1v) is 7.60. The van der Waals surface area contributed by atoms with Gasteiger partial charge in [0.2, 0.25) is 0 Å². The topological polar surface area (TPSA) is 111 Å². The highest BCUT2D eigenvalue weighted by Crippen LogP contribution is 2.37. The maximum absolute atomic E-state index is 12.4. The molecule has 3 rings (SSSR count). The van der Waals surface area contributed by atoms with Crippen LogP contribution < -0.4 is 14.8 Å². The summed E-state index contributed by atoms with van der Waals surface area (Å²) in [7, 11) is 1.43. The molecule has 8 heteroatoms. The van der Waals surface area contributed by atoms with Gasteiger partial charge in [-0.3, -0.25) is 14.9 Å². The number of nitro benzene ring substituents is 1. The number of benzene rings is 2. The molecule has 25 heavy (non-hydrogen) atoms. The minimum absolute atomic E-state index is 0.0179. The second-order valence-electron chi connectivity index (χ2n) is 5.57. The second kappa shape index (κ2) is 6.68. The normalized spacial score (nSPS) is 15.6. The third kappa shape index (κ3) is 3.47. The van der Waals surface area contributed by atoms with Crippen LogP contribution in [0.15, 0.2) is 36.4 Å². The van der Waals surface area contributed by atoms with E-state index >= 15 is 0 Å². The van der Waals surface area contributed by atoms with Gasteiger partial charge in [0.25, 0.3) is 11.6 Å². The Labute approximate surface area is 143 Å². The molecule has 2 aromatic carbocycles. The molecule has 1 amide bonds. The number of phenolic OH excluding ortho intramolecular Hbond substituents is 1. The van der Waals surface area contributed by atoms with Crippen molar-refractivity contribution in [2.24, 2.45) is 0 Å². The lowest BCUT2D eigenvalue weighted by Gasteiger charge is -2.26. The number of methoxy groups -OCH3 is 1. The Balaban J connectivity index is 1.74. The van der Waals surface area contributed by atoms with Crippen LogP contribution in [0.25, 0.3) is 0 Å². The average Bonchev–Trinajstić information content (AvgIpc) is 2.60. The van der Waals surface area contributed by atoms with Crippen LogP contribution in [0.3, 0.4) is 0 Å². The molecule has 1 unspecified atom stereocenters. The molecule has 0 saturated heterocycles. The molecule has 1 aliphatic heterocycles. The van der Waals surface area contributed by atoms with Crippen LogP contribution in [0, 0.1) is 10.1 Å². The number of rotatable bonds is 4. The van der Waals surface area contributed by atoms with Crippen molar-refractivity contribution >= 4 is 17.3 Å². The molecule has 0 aromatic heterocycles. The molecule has 130 valence electrons. The van der Waals surface area contributed by atoms with Crippen molar-refractivity contribution in [3.05, 3.63) is 52.1 Å². The fourth-order valence-corrected chi connectivity index (χ4v) is 2.66. The summed E-state index contributed by atoms with van der Waals surface area (Å²) in [5.74, 6) is 0.362. The zero-order valence-electron chi connectivity index (χ0n) is 13.4. The van der Waals surface area contributed by atoms with Gasteiger partial charge in [0.1, 0.15) is 5.75 Å². The van der Waals surface area contributed by atoms with E-state index in [1.165, 1.54) is 31.4 Å². The first-order valence-electron chi connectivity index (χ1n) is 7.60. The van der Waals surface area contributed by atoms with Gasteiger partial charge < -0.3 is 19.9 Å². The smallest absolute Gasteiger partial charge is 0.271 e. The number of non-ortho nitro benzene ring substituents is 1. The number of hydrogen-bond donors (Lipinski definition) is 2. The van der Waals surface area contributed by atoms with Crippen LogP contribution in [-0.4, -0.2) is 29.2 Å². The van der Waals surface area contributed by atoms with Crippen LogP contribution >= 0.6 is 0 Å². The fraction of sp³-hybridized carbons (Fsp3) is 0.235. The Hall–Kier alpha value is -3.29. The highest BCUT2D eigenvalue weighted by Gasteiger charge is 2.27. The summed E-state index contributed by atoms with van der Waals surface area (Å²) in [5.41, 5.74) is 1.02. The Morgan fingerprint density at radius 3 is 2.92 bits per heavy atom. The van der Waals surface area contributed by atoms with Gasteiger partial charge in [0.15, 0.2) is 17.6 Å². The molecule has 1 heterocycles. The Morgan fingerprint density at radius 2 is 2.20 bits per heavy atom. The van der Waals surface area contributed by atoms with E-state index in [9.17, 15) is 20.0 Å². The van der Waals surface area contributed by atoms with Crippen LogP contribution in [0.4, 0.5) is 11.4 Å². The number of nitrogens with one attached hydrogen (secondary N) is 1. The van der Waals surface area contributed by atoms with Gasteiger partial charge in [-0.15, -0.1) is 0 Å². The van der Waals surface area contributed by atoms with Gasteiger partial charge in [-0.05, 0) is 30.5 Å². The lowest BCUT2D eigenvalue weighted by molar-refractivity contribution is -0.384. The number of carbonyl (C=O) groups excluding carboxylic acids is 1. The number of ether oxygens (including phenoxy) is 2. The molecule has 0 radical (unpaired) electrons. The Morgan fingerprint density at radius 1 is 1.40 bits per heavy atom. The van der Waals surface area contributed by atoms with Gasteiger partial charge in [-0.25, -0.2) is 0 Å². The fourth-order valence-electron chi connectivity index (χ4n) is 2.66. The van der Waals surface area contributed by atoms with E-state index in [-0.39, 0.29) is 17.2 Å². The lowest BCUT2D eigenvalue weighted by atomic mass is 10.0. The van der Waals surface area contributed by atoms with E-state index in [0.29, 0.717) is 24.3 Å². The summed E-state index contributed by atoms with van der Waals surface area (Å²) in [4.78, 5) is 22.7. The zero-order chi connectivity index (χ0) is 18.0. The van der Waals surface area contributed by atoms with E-state index in [2.05, 4.69) is 5.32 Å².